The van der Waals surface area contributed by atoms with E-state index >= 15 is 0 Å². The Balaban J connectivity index is 1.58. The molecule has 1 fully saturated rings. The van der Waals surface area contributed by atoms with E-state index in [4.69, 9.17) is 4.74 Å². The number of pyridine rings is 1. The smallest absolute Gasteiger partial charge is 0.325 e. The third-order valence-electron chi connectivity index (χ3n) is 6.83. The van der Waals surface area contributed by atoms with E-state index in [9.17, 15) is 24.6 Å². The largest absolute Gasteiger partial charge is 0.497 e. The van der Waals surface area contributed by atoms with Gasteiger partial charge in [-0.1, -0.05) is 6.07 Å². The number of aromatic nitrogens is 2. The number of hydrogen-bond acceptors (Lipinski definition) is 5. The van der Waals surface area contributed by atoms with Crippen LogP contribution in [-0.2, 0) is 22.7 Å². The maximum absolute atomic E-state index is 12.6. The Labute approximate surface area is 189 Å². The lowest BCUT2D eigenvalue weighted by Crippen LogP contribution is -2.49. The molecule has 5 rings (SSSR count). The highest BCUT2D eigenvalue weighted by molar-refractivity contribution is 5.91. The molecule has 0 aliphatic carbocycles. The summed E-state index contributed by atoms with van der Waals surface area (Å²) in [6.45, 7) is 1.36. The minimum absolute atomic E-state index is 0.0192. The predicted molar refractivity (Wildman–Crippen MR) is 120 cm³/mol. The fraction of sp³-hybridized carbons (Fsp3) is 0.375. The van der Waals surface area contributed by atoms with Crippen LogP contribution in [0, 0.1) is 5.92 Å². The van der Waals surface area contributed by atoms with Gasteiger partial charge in [0, 0.05) is 60.0 Å². The van der Waals surface area contributed by atoms with Crippen molar-refractivity contribution in [2.24, 2.45) is 5.92 Å². The number of benzene rings is 1. The van der Waals surface area contributed by atoms with E-state index in [-0.39, 0.29) is 23.9 Å². The second kappa shape index (κ2) is 8.08. The SMILES string of the molecule is COc1ccc2c(c1)c([C@H](C(=O)O)N1C[C@@H]3C[C@@H](C1)c1cccc(=O)n1C3)cn2CC(=O)O. The van der Waals surface area contributed by atoms with Crippen molar-refractivity contribution in [1.82, 2.24) is 14.0 Å². The summed E-state index contributed by atoms with van der Waals surface area (Å²) in [6.07, 6.45) is 2.56. The summed E-state index contributed by atoms with van der Waals surface area (Å²) in [6, 6.07) is 9.58. The van der Waals surface area contributed by atoms with Gasteiger partial charge in [0.1, 0.15) is 18.3 Å². The zero-order valence-electron chi connectivity index (χ0n) is 18.2. The highest BCUT2D eigenvalue weighted by atomic mass is 16.5. The van der Waals surface area contributed by atoms with Crippen molar-refractivity contribution in [2.75, 3.05) is 20.2 Å². The summed E-state index contributed by atoms with van der Waals surface area (Å²) in [7, 11) is 1.54. The van der Waals surface area contributed by atoms with Crippen LogP contribution in [0.2, 0.25) is 0 Å². The minimum atomic E-state index is -1.00. The van der Waals surface area contributed by atoms with E-state index in [1.54, 1.807) is 41.1 Å². The first-order chi connectivity index (χ1) is 15.9. The second-order valence-corrected chi connectivity index (χ2v) is 8.88. The van der Waals surface area contributed by atoms with Gasteiger partial charge in [-0.15, -0.1) is 0 Å². The monoisotopic (exact) mass is 451 g/mol. The van der Waals surface area contributed by atoms with Gasteiger partial charge in [-0.05, 0) is 36.6 Å². The first-order valence-corrected chi connectivity index (χ1v) is 10.9. The molecule has 2 aliphatic heterocycles. The lowest BCUT2D eigenvalue weighted by Gasteiger charge is -2.44. The maximum Gasteiger partial charge on any atom is 0.325 e. The Morgan fingerprint density at radius 2 is 1.97 bits per heavy atom. The number of piperidine rings is 1. The van der Waals surface area contributed by atoms with Crippen molar-refractivity contribution in [2.45, 2.75) is 31.5 Å². The third-order valence-corrected chi connectivity index (χ3v) is 6.83. The first-order valence-electron chi connectivity index (χ1n) is 10.9. The van der Waals surface area contributed by atoms with Gasteiger partial charge >= 0.3 is 11.9 Å². The lowest BCUT2D eigenvalue weighted by molar-refractivity contribution is -0.144. The number of aliphatic carboxylic acids is 2. The van der Waals surface area contributed by atoms with Crippen molar-refractivity contribution in [3.8, 4) is 5.75 Å². The number of ether oxygens (including phenoxy) is 1. The zero-order chi connectivity index (χ0) is 23.3. The van der Waals surface area contributed by atoms with Crippen LogP contribution in [0.25, 0.3) is 10.9 Å². The number of fused-ring (bicyclic) bond motifs is 5. The third kappa shape index (κ3) is 3.68. The van der Waals surface area contributed by atoms with E-state index in [1.165, 1.54) is 7.11 Å². The molecular formula is C24H25N3O6. The molecule has 9 heteroatoms. The Morgan fingerprint density at radius 3 is 2.70 bits per heavy atom. The average molecular weight is 451 g/mol. The molecule has 2 aromatic heterocycles. The van der Waals surface area contributed by atoms with Crippen LogP contribution in [-0.4, -0.2) is 56.4 Å². The number of carbonyl (C=O) groups is 2. The molecule has 1 saturated heterocycles. The molecule has 3 aromatic rings. The predicted octanol–water partition coefficient (Wildman–Crippen LogP) is 2.14. The highest BCUT2D eigenvalue weighted by Crippen LogP contribution is 2.40. The summed E-state index contributed by atoms with van der Waals surface area (Å²) < 4.78 is 8.73. The Kier molecular flexibility index (Phi) is 5.20. The summed E-state index contributed by atoms with van der Waals surface area (Å²) >= 11 is 0. The molecule has 0 unspecified atom stereocenters. The van der Waals surface area contributed by atoms with Crippen LogP contribution in [0.5, 0.6) is 5.75 Å². The van der Waals surface area contributed by atoms with Crippen LogP contribution in [0.4, 0.5) is 0 Å². The normalized spacial score (nSPS) is 20.9. The fourth-order valence-corrected chi connectivity index (χ4v) is 5.56. The molecule has 0 radical (unpaired) electrons. The van der Waals surface area contributed by atoms with E-state index < -0.39 is 18.0 Å². The van der Waals surface area contributed by atoms with Crippen molar-refractivity contribution >= 4 is 22.8 Å². The van der Waals surface area contributed by atoms with Gasteiger partial charge in [0.25, 0.3) is 5.56 Å². The molecule has 0 spiro atoms. The summed E-state index contributed by atoms with van der Waals surface area (Å²) in [5.41, 5.74) is 2.12. The van der Waals surface area contributed by atoms with Gasteiger partial charge < -0.3 is 24.1 Å². The van der Waals surface area contributed by atoms with Crippen LogP contribution < -0.4 is 10.3 Å². The topological polar surface area (TPSA) is 114 Å². The molecule has 2 bridgehead atoms. The van der Waals surface area contributed by atoms with Crippen LogP contribution in [0.1, 0.15) is 29.6 Å². The number of carboxylic acids is 2. The van der Waals surface area contributed by atoms with Crippen molar-refractivity contribution in [1.29, 1.82) is 0 Å². The number of carboxylic acid groups (broad SMARTS) is 2. The quantitative estimate of drug-likeness (QED) is 0.590. The van der Waals surface area contributed by atoms with Gasteiger partial charge in [-0.25, -0.2) is 0 Å². The van der Waals surface area contributed by atoms with Gasteiger partial charge in [-0.2, -0.15) is 0 Å². The number of methoxy groups -OCH3 is 1. The second-order valence-electron chi connectivity index (χ2n) is 8.88. The Bertz CT molecular complexity index is 1310. The summed E-state index contributed by atoms with van der Waals surface area (Å²) in [4.78, 5) is 38.3. The molecule has 2 N–H and O–H groups in total. The van der Waals surface area contributed by atoms with E-state index in [2.05, 4.69) is 0 Å². The molecule has 9 nitrogen and oxygen atoms in total. The molecule has 0 saturated carbocycles. The zero-order valence-corrected chi connectivity index (χ0v) is 18.2. The fourth-order valence-electron chi connectivity index (χ4n) is 5.56. The summed E-state index contributed by atoms with van der Waals surface area (Å²) in [5.74, 6) is -1.19. The Hall–Kier alpha value is -3.59. The van der Waals surface area contributed by atoms with Gasteiger partial charge in [0.2, 0.25) is 0 Å². The first kappa shape index (κ1) is 21.3. The van der Waals surface area contributed by atoms with E-state index in [0.29, 0.717) is 41.9 Å². The number of rotatable bonds is 6. The highest BCUT2D eigenvalue weighted by Gasteiger charge is 2.40. The van der Waals surface area contributed by atoms with Crippen molar-refractivity contribution < 1.29 is 24.5 Å². The van der Waals surface area contributed by atoms with E-state index in [1.807, 2.05) is 15.5 Å². The average Bonchev–Trinajstić information content (AvgIpc) is 3.11. The van der Waals surface area contributed by atoms with Crippen molar-refractivity contribution in [3.05, 3.63) is 64.2 Å². The number of nitrogens with zero attached hydrogens (tertiary/aromatic N) is 3. The van der Waals surface area contributed by atoms with Gasteiger partial charge in [0.15, 0.2) is 0 Å². The van der Waals surface area contributed by atoms with Crippen LogP contribution >= 0.6 is 0 Å². The standard InChI is InChI=1S/C24H25N3O6/c1-33-16-5-6-20-17(8-16)18(12-25(20)13-22(29)30)23(24(31)32)26-9-14-7-15(11-26)19-3-2-4-21(28)27(19)10-14/h2-6,8,12,14-15,23H,7,9-11,13H2,1H3,(H,29,30)(H,31,32)/t14-,15-,23+/m0/s1. The van der Waals surface area contributed by atoms with E-state index in [0.717, 1.165) is 12.1 Å². The molecule has 33 heavy (non-hydrogen) atoms. The van der Waals surface area contributed by atoms with Gasteiger partial charge in [-0.3, -0.25) is 19.3 Å². The van der Waals surface area contributed by atoms with Crippen LogP contribution in [0.3, 0.4) is 0 Å². The molecule has 4 heterocycles. The molecule has 2 aliphatic rings. The molecule has 3 atom stereocenters. The maximum atomic E-state index is 12.6. The number of likely N-dealkylation sites (tertiary alicyclic amines) is 1. The molecule has 1 aromatic carbocycles. The summed E-state index contributed by atoms with van der Waals surface area (Å²) in [5, 5.41) is 20.3. The van der Waals surface area contributed by atoms with Crippen LogP contribution in [0.15, 0.2) is 47.4 Å². The minimum Gasteiger partial charge on any atom is -0.497 e. The molecule has 172 valence electrons. The molecule has 0 amide bonds. The van der Waals surface area contributed by atoms with Crippen molar-refractivity contribution in [3.63, 3.8) is 0 Å². The van der Waals surface area contributed by atoms with Gasteiger partial charge in [0.05, 0.1) is 7.11 Å². The number of hydrogen-bond donors (Lipinski definition) is 2. The molecular weight excluding hydrogens is 426 g/mol. The lowest BCUT2D eigenvalue weighted by atomic mass is 9.82. The Morgan fingerprint density at radius 1 is 1.15 bits per heavy atom.